The molecule has 0 N–H and O–H groups in total. The van der Waals surface area contributed by atoms with E-state index in [-0.39, 0.29) is 16.8 Å². The first-order valence-corrected chi connectivity index (χ1v) is 8.51. The molecule has 0 fully saturated rings. The highest BCUT2D eigenvalue weighted by molar-refractivity contribution is 7.14. The number of benzene rings is 1. The van der Waals surface area contributed by atoms with Crippen LogP contribution in [-0.4, -0.2) is 22.4 Å². The molecule has 2 aromatic heterocycles. The third-order valence-electron chi connectivity index (χ3n) is 3.28. The Morgan fingerprint density at radius 2 is 1.96 bits per heavy atom. The maximum Gasteiger partial charge on any atom is 0.279 e. The number of thiazole rings is 1. The molecule has 2 heterocycles. The van der Waals surface area contributed by atoms with E-state index in [4.69, 9.17) is 11.6 Å². The minimum absolute atomic E-state index is 0.258. The van der Waals surface area contributed by atoms with Gasteiger partial charge in [-0.2, -0.15) is 0 Å². The first kappa shape index (κ1) is 16.4. The van der Waals surface area contributed by atoms with Crippen LogP contribution >= 0.6 is 22.9 Å². The molecule has 0 atom stereocenters. The maximum absolute atomic E-state index is 12.8. The number of rotatable bonds is 5. The van der Waals surface area contributed by atoms with Crippen molar-refractivity contribution >= 4 is 34.0 Å². The van der Waals surface area contributed by atoms with Crippen LogP contribution in [0, 0.1) is 0 Å². The Morgan fingerprint density at radius 3 is 2.67 bits per heavy atom. The van der Waals surface area contributed by atoms with Crippen molar-refractivity contribution < 1.29 is 4.79 Å². The van der Waals surface area contributed by atoms with Crippen molar-refractivity contribution in [3.63, 3.8) is 0 Å². The zero-order valence-electron chi connectivity index (χ0n) is 12.7. The quantitative estimate of drug-likeness (QED) is 0.492. The maximum atomic E-state index is 12.8. The summed E-state index contributed by atoms with van der Waals surface area (Å²) in [5, 5.41) is 2.81. The summed E-state index contributed by atoms with van der Waals surface area (Å²) in [5.74, 6) is -0.258. The van der Waals surface area contributed by atoms with Crippen molar-refractivity contribution in [2.45, 2.75) is 0 Å². The molecule has 0 aliphatic rings. The average Bonchev–Trinajstić information content (AvgIpc) is 3.09. The fourth-order valence-electron chi connectivity index (χ4n) is 2.17. The van der Waals surface area contributed by atoms with E-state index in [0.29, 0.717) is 11.7 Å². The third-order valence-corrected chi connectivity index (χ3v) is 4.36. The van der Waals surface area contributed by atoms with E-state index in [2.05, 4.69) is 16.5 Å². The fourth-order valence-corrected chi connectivity index (χ4v) is 3.18. The molecule has 0 saturated carbocycles. The van der Waals surface area contributed by atoms with E-state index in [1.54, 1.807) is 29.2 Å². The lowest BCUT2D eigenvalue weighted by Crippen LogP contribution is -2.31. The van der Waals surface area contributed by atoms with Crippen molar-refractivity contribution in [1.29, 1.82) is 0 Å². The van der Waals surface area contributed by atoms with Crippen LogP contribution in [0.3, 0.4) is 0 Å². The lowest BCUT2D eigenvalue weighted by atomic mass is 10.2. The van der Waals surface area contributed by atoms with Crippen molar-refractivity contribution in [3.05, 3.63) is 77.4 Å². The molecule has 120 valence electrons. The Morgan fingerprint density at radius 1 is 1.17 bits per heavy atom. The van der Waals surface area contributed by atoms with E-state index < -0.39 is 0 Å². The summed E-state index contributed by atoms with van der Waals surface area (Å²) >= 11 is 7.29. The minimum atomic E-state index is -0.258. The van der Waals surface area contributed by atoms with Gasteiger partial charge in [0.2, 0.25) is 0 Å². The molecule has 0 bridgehead atoms. The van der Waals surface area contributed by atoms with Crippen molar-refractivity contribution in [2.75, 3.05) is 11.4 Å². The summed E-state index contributed by atoms with van der Waals surface area (Å²) in [7, 11) is 0. The van der Waals surface area contributed by atoms with E-state index in [1.807, 2.05) is 35.7 Å². The van der Waals surface area contributed by atoms with Crippen LogP contribution in [0.5, 0.6) is 0 Å². The van der Waals surface area contributed by atoms with Gasteiger partial charge >= 0.3 is 0 Å². The van der Waals surface area contributed by atoms with Crippen LogP contribution in [0.15, 0.2) is 66.6 Å². The zero-order chi connectivity index (χ0) is 16.9. The van der Waals surface area contributed by atoms with Gasteiger partial charge in [-0.3, -0.25) is 9.69 Å². The summed E-state index contributed by atoms with van der Waals surface area (Å²) in [5.41, 5.74) is 2.12. The number of aromatic nitrogens is 2. The number of nitrogens with zero attached hydrogens (tertiary/aromatic N) is 3. The fraction of sp³-hybridized carbons (Fsp3) is 0.0556. The van der Waals surface area contributed by atoms with Gasteiger partial charge in [0.05, 0.1) is 5.69 Å². The van der Waals surface area contributed by atoms with Crippen LogP contribution in [0.2, 0.25) is 5.15 Å². The normalized spacial score (nSPS) is 10.4. The summed E-state index contributed by atoms with van der Waals surface area (Å²) in [6, 6.07) is 14.8. The predicted molar refractivity (Wildman–Crippen MR) is 98.7 cm³/mol. The molecule has 0 aliphatic heterocycles. The molecule has 0 radical (unpaired) electrons. The summed E-state index contributed by atoms with van der Waals surface area (Å²) in [6.07, 6.45) is 1.66. The van der Waals surface area contributed by atoms with Crippen LogP contribution in [-0.2, 0) is 0 Å². The summed E-state index contributed by atoms with van der Waals surface area (Å²) in [4.78, 5) is 23.0. The molecule has 3 rings (SSSR count). The monoisotopic (exact) mass is 355 g/mol. The number of pyridine rings is 1. The highest BCUT2D eigenvalue weighted by Crippen LogP contribution is 2.28. The van der Waals surface area contributed by atoms with Crippen LogP contribution in [0.1, 0.15) is 10.5 Å². The van der Waals surface area contributed by atoms with Crippen LogP contribution < -0.4 is 4.90 Å². The third kappa shape index (κ3) is 3.53. The summed E-state index contributed by atoms with van der Waals surface area (Å²) < 4.78 is 0. The molecule has 0 spiro atoms. The molecule has 0 aliphatic carbocycles. The SMILES string of the molecule is C=CCN(C(=O)c1cccc(Cl)n1)c1nc(-c2ccccc2)cs1. The first-order chi connectivity index (χ1) is 11.7. The van der Waals surface area contributed by atoms with E-state index in [0.717, 1.165) is 11.3 Å². The average molecular weight is 356 g/mol. The molecule has 1 amide bonds. The second kappa shape index (κ2) is 7.38. The number of carbonyl (C=O) groups is 1. The lowest BCUT2D eigenvalue weighted by Gasteiger charge is -2.17. The van der Waals surface area contributed by atoms with Gasteiger partial charge < -0.3 is 0 Å². The molecular weight excluding hydrogens is 342 g/mol. The number of hydrogen-bond acceptors (Lipinski definition) is 4. The van der Waals surface area contributed by atoms with Crippen molar-refractivity contribution in [2.24, 2.45) is 0 Å². The van der Waals surface area contributed by atoms with Crippen LogP contribution in [0.4, 0.5) is 5.13 Å². The summed E-state index contributed by atoms with van der Waals surface area (Å²) in [6.45, 7) is 4.06. The zero-order valence-corrected chi connectivity index (χ0v) is 14.3. The number of anilines is 1. The van der Waals surface area contributed by atoms with Gasteiger partial charge in [0.25, 0.3) is 5.91 Å². The Labute approximate surface area is 149 Å². The molecule has 4 nitrogen and oxygen atoms in total. The lowest BCUT2D eigenvalue weighted by molar-refractivity contribution is 0.0985. The van der Waals surface area contributed by atoms with Gasteiger partial charge in [-0.15, -0.1) is 17.9 Å². The van der Waals surface area contributed by atoms with Crippen molar-refractivity contribution in [1.82, 2.24) is 9.97 Å². The highest BCUT2D eigenvalue weighted by Gasteiger charge is 2.21. The van der Waals surface area contributed by atoms with Crippen LogP contribution in [0.25, 0.3) is 11.3 Å². The number of halogens is 1. The molecule has 1 aromatic carbocycles. The predicted octanol–water partition coefficient (Wildman–Crippen LogP) is 4.69. The van der Waals surface area contributed by atoms with Gasteiger partial charge in [-0.05, 0) is 12.1 Å². The van der Waals surface area contributed by atoms with Gasteiger partial charge in [0, 0.05) is 17.5 Å². The number of carbonyl (C=O) groups excluding carboxylic acids is 1. The molecule has 0 unspecified atom stereocenters. The molecule has 24 heavy (non-hydrogen) atoms. The van der Waals surface area contributed by atoms with Gasteiger partial charge in [0.15, 0.2) is 5.13 Å². The van der Waals surface area contributed by atoms with E-state index in [1.165, 1.54) is 11.3 Å². The molecule has 3 aromatic rings. The topological polar surface area (TPSA) is 46.1 Å². The van der Waals surface area contributed by atoms with Crippen molar-refractivity contribution in [3.8, 4) is 11.3 Å². The standard InChI is InChI=1S/C18H14ClN3OS/c1-2-11-22(17(23)14-9-6-10-16(19)20-14)18-21-15(12-24-18)13-7-4-3-5-8-13/h2-10,12H,1,11H2. The smallest absolute Gasteiger partial charge is 0.279 e. The van der Waals surface area contributed by atoms with Gasteiger partial charge in [-0.1, -0.05) is 54.1 Å². The molecule has 0 saturated heterocycles. The minimum Gasteiger partial charge on any atom is -0.279 e. The van der Waals surface area contributed by atoms with E-state index in [9.17, 15) is 4.79 Å². The second-order valence-corrected chi connectivity index (χ2v) is 6.16. The van der Waals surface area contributed by atoms with Gasteiger partial charge in [0.1, 0.15) is 10.8 Å². The molecular formula is C18H14ClN3OS. The molecule has 6 heteroatoms. The Balaban J connectivity index is 1.93. The van der Waals surface area contributed by atoms with E-state index >= 15 is 0 Å². The number of hydrogen-bond donors (Lipinski definition) is 0. The largest absolute Gasteiger partial charge is 0.279 e. The first-order valence-electron chi connectivity index (χ1n) is 7.25. The second-order valence-electron chi connectivity index (χ2n) is 4.93. The number of amides is 1. The Kier molecular flexibility index (Phi) is 5.03. The van der Waals surface area contributed by atoms with Gasteiger partial charge in [-0.25, -0.2) is 9.97 Å². The Hall–Kier alpha value is -2.50. The Bertz CT molecular complexity index is 863. The highest BCUT2D eigenvalue weighted by atomic mass is 35.5.